The minimum absolute atomic E-state index is 0.222. The van der Waals surface area contributed by atoms with Gasteiger partial charge in [-0.25, -0.2) is 8.42 Å². The molecule has 2 heterocycles. The maximum Gasteiger partial charge on any atom is 0.243 e. The van der Waals surface area contributed by atoms with E-state index < -0.39 is 10.0 Å². The van der Waals surface area contributed by atoms with Crippen molar-refractivity contribution in [2.24, 2.45) is 0 Å². The van der Waals surface area contributed by atoms with Gasteiger partial charge in [0.05, 0.1) is 25.2 Å². The van der Waals surface area contributed by atoms with Crippen LogP contribution in [-0.2, 0) is 14.8 Å². The number of hydrogen-bond acceptors (Lipinski definition) is 6. The normalized spacial score (nSPS) is 21.2. The Morgan fingerprint density at radius 2 is 1.88 bits per heavy atom. The summed E-state index contributed by atoms with van der Waals surface area (Å²) in [6.45, 7) is 4.44. The molecule has 0 aliphatic carbocycles. The number of ether oxygens (including phenoxy) is 2. The molecule has 1 N–H and O–H groups in total. The van der Waals surface area contributed by atoms with Crippen molar-refractivity contribution < 1.29 is 17.9 Å². The van der Waals surface area contributed by atoms with Gasteiger partial charge >= 0.3 is 0 Å². The van der Waals surface area contributed by atoms with E-state index in [0.717, 1.165) is 45.4 Å². The minimum Gasteiger partial charge on any atom is -0.496 e. The summed E-state index contributed by atoms with van der Waals surface area (Å²) < 4.78 is 38.0. The first-order chi connectivity index (χ1) is 12.1. The highest BCUT2D eigenvalue weighted by Gasteiger charge is 2.32. The third kappa shape index (κ3) is 3.87. The first-order valence-electron chi connectivity index (χ1n) is 8.56. The van der Waals surface area contributed by atoms with Crippen LogP contribution in [-0.4, -0.2) is 76.4 Å². The third-order valence-corrected chi connectivity index (χ3v) is 6.88. The molecule has 2 aliphatic heterocycles. The Hall–Kier alpha value is -1.48. The molecule has 3 rings (SSSR count). The molecule has 0 unspecified atom stereocenters. The number of sulfonamides is 1. The molecule has 0 radical (unpaired) electrons. The van der Waals surface area contributed by atoms with Gasteiger partial charge in [0.2, 0.25) is 10.0 Å². The van der Waals surface area contributed by atoms with Crippen molar-refractivity contribution in [2.45, 2.75) is 23.8 Å². The zero-order valence-electron chi connectivity index (χ0n) is 14.5. The predicted molar refractivity (Wildman–Crippen MR) is 95.1 cm³/mol. The number of methoxy groups -OCH3 is 1. The van der Waals surface area contributed by atoms with Crippen LogP contribution in [0.25, 0.3) is 0 Å². The van der Waals surface area contributed by atoms with Crippen LogP contribution < -0.4 is 4.74 Å². The van der Waals surface area contributed by atoms with Gasteiger partial charge in [-0.1, -0.05) is 0 Å². The molecule has 25 heavy (non-hydrogen) atoms. The second kappa shape index (κ2) is 7.82. The summed E-state index contributed by atoms with van der Waals surface area (Å²) in [5, 5.41) is 7.35. The molecule has 8 heteroatoms. The molecule has 2 fully saturated rings. The Morgan fingerprint density at radius 3 is 2.48 bits per heavy atom. The van der Waals surface area contributed by atoms with Gasteiger partial charge in [0.25, 0.3) is 0 Å². The first kappa shape index (κ1) is 18.3. The minimum atomic E-state index is -3.54. The lowest BCUT2D eigenvalue weighted by Crippen LogP contribution is -2.50. The number of rotatable bonds is 5. The van der Waals surface area contributed by atoms with E-state index in [1.54, 1.807) is 16.4 Å². The van der Waals surface area contributed by atoms with E-state index in [0.29, 0.717) is 30.4 Å². The summed E-state index contributed by atoms with van der Waals surface area (Å²) in [7, 11) is -2.06. The monoisotopic (exact) mass is 367 g/mol. The van der Waals surface area contributed by atoms with Gasteiger partial charge < -0.3 is 14.9 Å². The Morgan fingerprint density at radius 1 is 1.20 bits per heavy atom. The van der Waals surface area contributed by atoms with Crippen LogP contribution >= 0.6 is 0 Å². The van der Waals surface area contributed by atoms with E-state index in [4.69, 9.17) is 14.9 Å². The lowest BCUT2D eigenvalue weighted by molar-refractivity contribution is 0.00610. The van der Waals surface area contributed by atoms with Crippen molar-refractivity contribution in [3.8, 4) is 5.75 Å². The van der Waals surface area contributed by atoms with E-state index in [9.17, 15) is 8.42 Å². The van der Waals surface area contributed by atoms with Crippen molar-refractivity contribution in [3.63, 3.8) is 0 Å². The Labute approximate surface area is 149 Å². The van der Waals surface area contributed by atoms with E-state index >= 15 is 0 Å². The summed E-state index contributed by atoms with van der Waals surface area (Å²) in [4.78, 5) is 2.63. The Bertz CT molecular complexity index is 709. The molecule has 2 aliphatic rings. The number of nitrogens with one attached hydrogen (secondary N) is 1. The van der Waals surface area contributed by atoms with E-state index in [1.165, 1.54) is 13.2 Å². The second-order valence-electron chi connectivity index (χ2n) is 6.33. The quantitative estimate of drug-likeness (QED) is 0.790. The molecule has 2 saturated heterocycles. The summed E-state index contributed by atoms with van der Waals surface area (Å²) in [6, 6.07) is 5.10. The molecule has 0 spiro atoms. The zero-order valence-corrected chi connectivity index (χ0v) is 15.3. The lowest BCUT2D eigenvalue weighted by Gasteiger charge is -2.39. The molecule has 0 saturated carbocycles. The standard InChI is InChI=1S/C17H25N3O4S/c1-23-17-12-16(3-2-14(17)13-18)25(21,22)20-6-4-15(5-7-20)19-8-10-24-11-9-19/h2-3,12-13,15,18H,4-11H2,1H3. The third-order valence-electron chi connectivity index (χ3n) is 4.98. The number of piperidine rings is 1. The van der Waals surface area contributed by atoms with Gasteiger partial charge in [-0.15, -0.1) is 0 Å². The highest BCUT2D eigenvalue weighted by atomic mass is 32.2. The zero-order chi connectivity index (χ0) is 17.9. The first-order valence-corrected chi connectivity index (χ1v) is 10.0. The van der Waals surface area contributed by atoms with Gasteiger partial charge in [0, 0.05) is 50.1 Å². The average Bonchev–Trinajstić information content (AvgIpc) is 2.68. The highest BCUT2D eigenvalue weighted by Crippen LogP contribution is 2.27. The summed E-state index contributed by atoms with van der Waals surface area (Å²) >= 11 is 0. The lowest BCUT2D eigenvalue weighted by atomic mass is 10.0. The summed E-state index contributed by atoms with van der Waals surface area (Å²) in [6.07, 6.45) is 2.84. The smallest absolute Gasteiger partial charge is 0.243 e. The fourth-order valence-electron chi connectivity index (χ4n) is 3.51. The summed E-state index contributed by atoms with van der Waals surface area (Å²) in [5.41, 5.74) is 0.562. The molecular weight excluding hydrogens is 342 g/mol. The Kier molecular flexibility index (Phi) is 5.73. The molecule has 0 amide bonds. The van der Waals surface area contributed by atoms with Crippen LogP contribution in [0.1, 0.15) is 18.4 Å². The topological polar surface area (TPSA) is 82.9 Å². The molecule has 0 aromatic heterocycles. The van der Waals surface area contributed by atoms with Crippen LogP contribution in [0.5, 0.6) is 5.75 Å². The maximum absolute atomic E-state index is 12.9. The van der Waals surface area contributed by atoms with Crippen LogP contribution in [0.2, 0.25) is 0 Å². The van der Waals surface area contributed by atoms with Crippen molar-refractivity contribution in [2.75, 3.05) is 46.5 Å². The molecule has 1 aromatic carbocycles. The van der Waals surface area contributed by atoms with Gasteiger partial charge in [0.1, 0.15) is 5.75 Å². The van der Waals surface area contributed by atoms with Crippen LogP contribution in [0.15, 0.2) is 23.1 Å². The van der Waals surface area contributed by atoms with Crippen LogP contribution in [0.4, 0.5) is 0 Å². The number of hydrogen-bond donors (Lipinski definition) is 1. The summed E-state index contributed by atoms with van der Waals surface area (Å²) in [5.74, 6) is 0.402. The molecule has 0 bridgehead atoms. The van der Waals surface area contributed by atoms with E-state index in [2.05, 4.69) is 4.90 Å². The average molecular weight is 367 g/mol. The number of morpholine rings is 1. The fraction of sp³-hybridized carbons (Fsp3) is 0.588. The maximum atomic E-state index is 12.9. The highest BCUT2D eigenvalue weighted by molar-refractivity contribution is 7.89. The largest absolute Gasteiger partial charge is 0.496 e. The predicted octanol–water partition coefficient (Wildman–Crippen LogP) is 1.18. The van der Waals surface area contributed by atoms with Gasteiger partial charge in [-0.3, -0.25) is 4.90 Å². The van der Waals surface area contributed by atoms with Gasteiger partial charge in [0.15, 0.2) is 0 Å². The molecule has 7 nitrogen and oxygen atoms in total. The van der Waals surface area contributed by atoms with Crippen LogP contribution in [0, 0.1) is 5.41 Å². The fourth-order valence-corrected chi connectivity index (χ4v) is 5.00. The van der Waals surface area contributed by atoms with E-state index in [-0.39, 0.29) is 4.90 Å². The van der Waals surface area contributed by atoms with Gasteiger partial charge in [-0.2, -0.15) is 4.31 Å². The second-order valence-corrected chi connectivity index (χ2v) is 8.27. The molecule has 138 valence electrons. The number of nitrogens with zero attached hydrogens (tertiary/aromatic N) is 2. The SMILES string of the molecule is COc1cc(S(=O)(=O)N2CCC(N3CCOCC3)CC2)ccc1C=N. The van der Waals surface area contributed by atoms with Gasteiger partial charge in [-0.05, 0) is 25.0 Å². The number of benzene rings is 1. The Balaban J connectivity index is 1.70. The van der Waals surface area contributed by atoms with Crippen molar-refractivity contribution in [3.05, 3.63) is 23.8 Å². The van der Waals surface area contributed by atoms with Crippen molar-refractivity contribution in [1.29, 1.82) is 5.41 Å². The molecular formula is C17H25N3O4S. The molecule has 1 aromatic rings. The van der Waals surface area contributed by atoms with Crippen molar-refractivity contribution >= 4 is 16.2 Å². The van der Waals surface area contributed by atoms with Crippen LogP contribution in [0.3, 0.4) is 0 Å². The van der Waals surface area contributed by atoms with Crippen molar-refractivity contribution in [1.82, 2.24) is 9.21 Å². The van der Waals surface area contributed by atoms with E-state index in [1.807, 2.05) is 0 Å². The molecule has 0 atom stereocenters.